The van der Waals surface area contributed by atoms with E-state index in [1.165, 1.54) is 18.3 Å². The minimum Gasteiger partial charge on any atom is -0.497 e. The Hall–Kier alpha value is -3.43. The molecule has 0 atom stereocenters. The maximum absolute atomic E-state index is 11.0. The summed E-state index contributed by atoms with van der Waals surface area (Å²) in [4.78, 5) is 15.6. The van der Waals surface area contributed by atoms with Gasteiger partial charge in [-0.2, -0.15) is 5.26 Å². The molecule has 134 valence electrons. The van der Waals surface area contributed by atoms with E-state index in [4.69, 9.17) is 9.47 Å². The van der Waals surface area contributed by atoms with Crippen molar-refractivity contribution in [3.63, 3.8) is 0 Å². The van der Waals surface area contributed by atoms with Crippen LogP contribution in [-0.2, 0) is 4.79 Å². The molecule has 0 unspecified atom stereocenters. The second kappa shape index (κ2) is 8.30. The van der Waals surface area contributed by atoms with Crippen molar-refractivity contribution in [1.82, 2.24) is 4.98 Å². The highest BCUT2D eigenvalue weighted by atomic mass is 32.1. The first kappa shape index (κ1) is 18.4. The van der Waals surface area contributed by atoms with Crippen molar-refractivity contribution in [2.45, 2.75) is 6.92 Å². The van der Waals surface area contributed by atoms with E-state index < -0.39 is 0 Å². The summed E-state index contributed by atoms with van der Waals surface area (Å²) in [6.45, 7) is 1.35. The van der Waals surface area contributed by atoms with Crippen LogP contribution in [0.5, 0.6) is 11.5 Å². The summed E-state index contributed by atoms with van der Waals surface area (Å²) in [6.07, 6.45) is 1.76. The summed E-state index contributed by atoms with van der Waals surface area (Å²) in [5.74, 6) is 0.850. The van der Waals surface area contributed by atoms with E-state index in [1.807, 2.05) is 29.6 Å². The molecule has 0 radical (unpaired) electrons. The molecule has 0 aliphatic heterocycles. The molecule has 6 heteroatoms. The van der Waals surface area contributed by atoms with Crippen LogP contribution >= 0.6 is 11.3 Å². The van der Waals surface area contributed by atoms with Gasteiger partial charge in [0.1, 0.15) is 22.6 Å². The van der Waals surface area contributed by atoms with Gasteiger partial charge in [0.05, 0.1) is 18.4 Å². The van der Waals surface area contributed by atoms with Crippen molar-refractivity contribution < 1.29 is 14.3 Å². The average Bonchev–Trinajstić information content (AvgIpc) is 3.17. The third-order valence-corrected chi connectivity index (χ3v) is 4.55. The van der Waals surface area contributed by atoms with Crippen molar-refractivity contribution in [2.75, 3.05) is 7.11 Å². The maximum atomic E-state index is 11.0. The summed E-state index contributed by atoms with van der Waals surface area (Å²) in [5, 5.41) is 12.1. The Bertz CT molecular complexity index is 1030. The summed E-state index contributed by atoms with van der Waals surface area (Å²) in [7, 11) is 1.62. The van der Waals surface area contributed by atoms with Crippen LogP contribution in [-0.4, -0.2) is 18.1 Å². The number of allylic oxidation sites excluding steroid dienone is 1. The zero-order valence-electron chi connectivity index (χ0n) is 14.8. The van der Waals surface area contributed by atoms with Crippen LogP contribution in [0, 0.1) is 11.3 Å². The Kier molecular flexibility index (Phi) is 5.64. The number of nitriles is 1. The third kappa shape index (κ3) is 4.60. The molecule has 0 amide bonds. The number of nitrogens with zero attached hydrogens (tertiary/aromatic N) is 2. The van der Waals surface area contributed by atoms with Crippen LogP contribution in [0.25, 0.3) is 22.9 Å². The highest BCUT2D eigenvalue weighted by Gasteiger charge is 2.10. The minimum absolute atomic E-state index is 0.371. The summed E-state index contributed by atoms with van der Waals surface area (Å²) in [6, 6.07) is 16.8. The molecule has 0 aliphatic carbocycles. The second-order valence-electron chi connectivity index (χ2n) is 5.60. The summed E-state index contributed by atoms with van der Waals surface area (Å²) in [5.41, 5.74) is 3.01. The standard InChI is InChI=1S/C21H16N2O3S/c1-14(24)26-18-8-6-15(7-9-18)10-17(12-22)21-23-20(13-27-21)16-4-3-5-19(11-16)25-2/h3-11,13H,1-2H3. The zero-order valence-corrected chi connectivity index (χ0v) is 15.6. The van der Waals surface area contributed by atoms with Gasteiger partial charge >= 0.3 is 5.97 Å². The lowest BCUT2D eigenvalue weighted by Gasteiger charge is -2.02. The molecular weight excluding hydrogens is 360 g/mol. The zero-order chi connectivity index (χ0) is 19.2. The number of ether oxygens (including phenoxy) is 2. The van der Waals surface area contributed by atoms with Gasteiger partial charge in [-0.15, -0.1) is 11.3 Å². The first-order valence-electron chi connectivity index (χ1n) is 8.09. The van der Waals surface area contributed by atoms with Crippen molar-refractivity contribution in [1.29, 1.82) is 5.26 Å². The van der Waals surface area contributed by atoms with E-state index in [0.717, 1.165) is 22.6 Å². The minimum atomic E-state index is -0.371. The molecule has 0 spiro atoms. The van der Waals surface area contributed by atoms with Crippen LogP contribution in [0.1, 0.15) is 17.5 Å². The number of benzene rings is 2. The van der Waals surface area contributed by atoms with Crippen LogP contribution in [0.15, 0.2) is 53.9 Å². The van der Waals surface area contributed by atoms with Crippen LogP contribution in [0.2, 0.25) is 0 Å². The van der Waals surface area contributed by atoms with E-state index in [9.17, 15) is 10.1 Å². The lowest BCUT2D eigenvalue weighted by molar-refractivity contribution is -0.131. The van der Waals surface area contributed by atoms with Gasteiger partial charge < -0.3 is 9.47 Å². The molecule has 0 saturated carbocycles. The molecule has 1 heterocycles. The number of esters is 1. The topological polar surface area (TPSA) is 72.2 Å². The van der Waals surface area contributed by atoms with E-state index in [0.29, 0.717) is 16.3 Å². The molecule has 3 rings (SSSR count). The lowest BCUT2D eigenvalue weighted by atomic mass is 10.1. The van der Waals surface area contributed by atoms with Crippen molar-refractivity contribution >= 4 is 29.0 Å². The van der Waals surface area contributed by atoms with Crippen molar-refractivity contribution in [3.8, 4) is 28.8 Å². The highest BCUT2D eigenvalue weighted by Crippen LogP contribution is 2.29. The summed E-state index contributed by atoms with van der Waals surface area (Å²) >= 11 is 1.41. The molecule has 5 nitrogen and oxygen atoms in total. The van der Waals surface area contributed by atoms with Crippen LogP contribution in [0.3, 0.4) is 0 Å². The number of carbonyl (C=O) groups is 1. The molecule has 0 aliphatic rings. The van der Waals surface area contributed by atoms with E-state index >= 15 is 0 Å². The first-order valence-corrected chi connectivity index (χ1v) is 8.97. The number of hydrogen-bond donors (Lipinski definition) is 0. The smallest absolute Gasteiger partial charge is 0.308 e. The average molecular weight is 376 g/mol. The summed E-state index contributed by atoms with van der Waals surface area (Å²) < 4.78 is 10.3. The van der Waals surface area contributed by atoms with Gasteiger partial charge in [0.2, 0.25) is 0 Å². The Morgan fingerprint density at radius 2 is 1.96 bits per heavy atom. The highest BCUT2D eigenvalue weighted by molar-refractivity contribution is 7.11. The largest absolute Gasteiger partial charge is 0.497 e. The molecule has 0 saturated heterocycles. The first-order chi connectivity index (χ1) is 13.1. The van der Waals surface area contributed by atoms with Gasteiger partial charge in [-0.25, -0.2) is 4.98 Å². The number of thiazole rings is 1. The number of aromatic nitrogens is 1. The Labute approximate surface area is 161 Å². The fraction of sp³-hybridized carbons (Fsp3) is 0.0952. The maximum Gasteiger partial charge on any atom is 0.308 e. The lowest BCUT2D eigenvalue weighted by Crippen LogP contribution is -2.00. The number of carbonyl (C=O) groups excluding carboxylic acids is 1. The fourth-order valence-corrected chi connectivity index (χ4v) is 3.21. The van der Waals surface area contributed by atoms with E-state index in [-0.39, 0.29) is 5.97 Å². The number of hydrogen-bond acceptors (Lipinski definition) is 6. The molecular formula is C21H16N2O3S. The predicted molar refractivity (Wildman–Crippen MR) is 105 cm³/mol. The molecule has 0 N–H and O–H groups in total. The van der Waals surface area contributed by atoms with Crippen molar-refractivity contribution in [2.24, 2.45) is 0 Å². The quantitative estimate of drug-likeness (QED) is 0.363. The van der Waals surface area contributed by atoms with Crippen LogP contribution in [0.4, 0.5) is 0 Å². The molecule has 27 heavy (non-hydrogen) atoms. The molecule has 1 aromatic heterocycles. The number of methoxy groups -OCH3 is 1. The van der Waals surface area contributed by atoms with Crippen LogP contribution < -0.4 is 9.47 Å². The SMILES string of the molecule is COc1cccc(-c2csc(C(C#N)=Cc3ccc(OC(C)=O)cc3)n2)c1. The molecule has 0 fully saturated rings. The van der Waals surface area contributed by atoms with Gasteiger partial charge in [0.25, 0.3) is 0 Å². The molecule has 0 bridgehead atoms. The Morgan fingerprint density at radius 3 is 2.63 bits per heavy atom. The van der Waals surface area contributed by atoms with Crippen molar-refractivity contribution in [3.05, 3.63) is 64.5 Å². The van der Waals surface area contributed by atoms with Gasteiger partial charge in [0.15, 0.2) is 0 Å². The van der Waals surface area contributed by atoms with E-state index in [1.54, 1.807) is 37.5 Å². The normalized spacial score (nSPS) is 10.9. The Balaban J connectivity index is 1.86. The van der Waals surface area contributed by atoms with Gasteiger partial charge in [-0.3, -0.25) is 4.79 Å². The number of rotatable bonds is 5. The van der Waals surface area contributed by atoms with Gasteiger partial charge in [0, 0.05) is 17.9 Å². The molecule has 2 aromatic carbocycles. The van der Waals surface area contributed by atoms with Gasteiger partial charge in [-0.05, 0) is 35.9 Å². The van der Waals surface area contributed by atoms with Gasteiger partial charge in [-0.1, -0.05) is 24.3 Å². The third-order valence-electron chi connectivity index (χ3n) is 3.67. The van der Waals surface area contributed by atoms with E-state index in [2.05, 4.69) is 11.1 Å². The molecule has 3 aromatic rings. The second-order valence-corrected chi connectivity index (χ2v) is 6.46. The Morgan fingerprint density at radius 1 is 1.19 bits per heavy atom. The fourth-order valence-electron chi connectivity index (χ4n) is 2.42. The monoisotopic (exact) mass is 376 g/mol. The predicted octanol–water partition coefficient (Wildman–Crippen LogP) is 4.81.